The molecule has 7 heteroatoms. The molecule has 1 saturated heterocycles. The molecule has 2 unspecified atom stereocenters. The number of carbonyl (C=O) groups is 1. The van der Waals surface area contributed by atoms with E-state index in [1.54, 1.807) is 11.8 Å². The number of nitrogens with one attached hydrogen (secondary N) is 1. The molecule has 2 atom stereocenters. The van der Waals surface area contributed by atoms with Crippen LogP contribution in [0.2, 0.25) is 0 Å². The number of amides is 1. The highest BCUT2D eigenvalue weighted by atomic mass is 32.2. The van der Waals surface area contributed by atoms with Gasteiger partial charge in [0, 0.05) is 19.0 Å². The Morgan fingerprint density at radius 2 is 2.04 bits per heavy atom. The van der Waals surface area contributed by atoms with Gasteiger partial charge in [0.15, 0.2) is 9.84 Å². The maximum atomic E-state index is 12.9. The molecule has 24 heavy (non-hydrogen) atoms. The standard InChI is InChI=1S/C17H25FN2O3S/c1-13(12-24(22,23)16-7-5-15(18)6-8-16)17(21)20-9-3-4-14(11-20)10-19-2/h5-8,13-14,19H,3-4,9-12H2,1-2H3. The van der Waals surface area contributed by atoms with Gasteiger partial charge in [0.25, 0.3) is 0 Å². The van der Waals surface area contributed by atoms with Crippen molar-refractivity contribution in [2.24, 2.45) is 11.8 Å². The van der Waals surface area contributed by atoms with Crippen LogP contribution in [-0.2, 0) is 14.6 Å². The number of nitrogens with zero attached hydrogens (tertiary/aromatic N) is 1. The summed E-state index contributed by atoms with van der Waals surface area (Å²) in [6.45, 7) is 3.84. The average molecular weight is 356 g/mol. The van der Waals surface area contributed by atoms with E-state index in [2.05, 4.69) is 5.32 Å². The quantitative estimate of drug-likeness (QED) is 0.788. The van der Waals surface area contributed by atoms with Crippen LogP contribution in [0.5, 0.6) is 0 Å². The lowest BCUT2D eigenvalue weighted by molar-refractivity contribution is -0.136. The number of benzene rings is 1. The van der Waals surface area contributed by atoms with Crippen molar-refractivity contribution < 1.29 is 17.6 Å². The minimum Gasteiger partial charge on any atom is -0.342 e. The lowest BCUT2D eigenvalue weighted by Crippen LogP contribution is -2.45. The number of carbonyl (C=O) groups excluding carboxylic acids is 1. The SMILES string of the molecule is CNCC1CCCN(C(=O)C(C)CS(=O)(=O)c2ccc(F)cc2)C1. The second-order valence-corrected chi connectivity index (χ2v) is 8.52. The maximum Gasteiger partial charge on any atom is 0.226 e. The Morgan fingerprint density at radius 3 is 2.67 bits per heavy atom. The highest BCUT2D eigenvalue weighted by molar-refractivity contribution is 7.91. The summed E-state index contributed by atoms with van der Waals surface area (Å²) in [6.07, 6.45) is 2.02. The van der Waals surface area contributed by atoms with Gasteiger partial charge in [-0.05, 0) is 56.6 Å². The minimum absolute atomic E-state index is 0.0512. The zero-order valence-corrected chi connectivity index (χ0v) is 15.0. The molecular weight excluding hydrogens is 331 g/mol. The molecule has 1 aliphatic rings. The summed E-state index contributed by atoms with van der Waals surface area (Å²) in [4.78, 5) is 14.4. The minimum atomic E-state index is -3.61. The highest BCUT2D eigenvalue weighted by Gasteiger charge is 2.29. The number of likely N-dealkylation sites (tertiary alicyclic amines) is 1. The first-order valence-corrected chi connectivity index (χ1v) is 9.90. The van der Waals surface area contributed by atoms with Crippen LogP contribution < -0.4 is 5.32 Å². The van der Waals surface area contributed by atoms with Crippen molar-refractivity contribution in [1.29, 1.82) is 0 Å². The zero-order valence-electron chi connectivity index (χ0n) is 14.2. The van der Waals surface area contributed by atoms with Gasteiger partial charge in [-0.1, -0.05) is 6.92 Å². The van der Waals surface area contributed by atoms with E-state index in [0.717, 1.165) is 31.5 Å². The molecule has 1 heterocycles. The molecule has 1 fully saturated rings. The van der Waals surface area contributed by atoms with Gasteiger partial charge in [-0.15, -0.1) is 0 Å². The fraction of sp³-hybridized carbons (Fsp3) is 0.588. The van der Waals surface area contributed by atoms with Crippen LogP contribution in [0.4, 0.5) is 4.39 Å². The molecule has 5 nitrogen and oxygen atoms in total. The monoisotopic (exact) mass is 356 g/mol. The van der Waals surface area contributed by atoms with Crippen molar-refractivity contribution >= 4 is 15.7 Å². The van der Waals surface area contributed by atoms with Gasteiger partial charge in [-0.25, -0.2) is 12.8 Å². The van der Waals surface area contributed by atoms with Gasteiger partial charge in [-0.2, -0.15) is 0 Å². The van der Waals surface area contributed by atoms with Crippen LogP contribution in [0, 0.1) is 17.7 Å². The summed E-state index contributed by atoms with van der Waals surface area (Å²) in [5.74, 6) is -1.07. The van der Waals surface area contributed by atoms with E-state index >= 15 is 0 Å². The van der Waals surface area contributed by atoms with Crippen LogP contribution in [0.3, 0.4) is 0 Å². The van der Waals surface area contributed by atoms with Crippen molar-refractivity contribution in [3.05, 3.63) is 30.1 Å². The third-order valence-corrected chi connectivity index (χ3v) is 6.32. The number of sulfone groups is 1. The number of rotatable bonds is 6. The first-order valence-electron chi connectivity index (χ1n) is 8.25. The van der Waals surface area contributed by atoms with E-state index in [-0.39, 0.29) is 16.6 Å². The first-order chi connectivity index (χ1) is 11.3. The second kappa shape index (κ2) is 8.07. The molecule has 0 aliphatic carbocycles. The normalized spacial score (nSPS) is 20.0. The number of hydrogen-bond acceptors (Lipinski definition) is 4. The predicted molar refractivity (Wildman–Crippen MR) is 90.8 cm³/mol. The molecule has 1 aromatic carbocycles. The Hall–Kier alpha value is -1.47. The topological polar surface area (TPSA) is 66.5 Å². The number of halogens is 1. The van der Waals surface area contributed by atoms with Crippen LogP contribution in [0.1, 0.15) is 19.8 Å². The first kappa shape index (κ1) is 18.9. The summed E-state index contributed by atoms with van der Waals surface area (Å²) in [6, 6.07) is 4.72. The fourth-order valence-electron chi connectivity index (χ4n) is 3.17. The predicted octanol–water partition coefficient (Wildman–Crippen LogP) is 1.69. The average Bonchev–Trinajstić information content (AvgIpc) is 2.54. The van der Waals surface area contributed by atoms with Gasteiger partial charge in [0.05, 0.1) is 10.6 Å². The summed E-state index contributed by atoms with van der Waals surface area (Å²) >= 11 is 0. The summed E-state index contributed by atoms with van der Waals surface area (Å²) in [5, 5.41) is 3.13. The van der Waals surface area contributed by atoms with Crippen molar-refractivity contribution in [2.45, 2.75) is 24.7 Å². The van der Waals surface area contributed by atoms with E-state index in [1.807, 2.05) is 7.05 Å². The number of piperidine rings is 1. The number of hydrogen-bond donors (Lipinski definition) is 1. The fourth-order valence-corrected chi connectivity index (χ4v) is 4.71. The molecule has 1 aromatic rings. The van der Waals surface area contributed by atoms with Crippen LogP contribution >= 0.6 is 0 Å². The Bertz CT molecular complexity index is 659. The van der Waals surface area contributed by atoms with Crippen molar-refractivity contribution in [3.63, 3.8) is 0 Å². The lowest BCUT2D eigenvalue weighted by Gasteiger charge is -2.34. The van der Waals surface area contributed by atoms with Crippen molar-refractivity contribution in [3.8, 4) is 0 Å². The summed E-state index contributed by atoms with van der Waals surface area (Å²) in [5.41, 5.74) is 0. The zero-order chi connectivity index (χ0) is 17.7. The molecule has 134 valence electrons. The van der Waals surface area contributed by atoms with Gasteiger partial charge in [0.1, 0.15) is 5.82 Å². The van der Waals surface area contributed by atoms with E-state index < -0.39 is 21.6 Å². The van der Waals surface area contributed by atoms with Gasteiger partial charge in [0.2, 0.25) is 5.91 Å². The molecule has 2 rings (SSSR count). The van der Waals surface area contributed by atoms with Crippen molar-refractivity contribution in [2.75, 3.05) is 32.4 Å². The summed E-state index contributed by atoms with van der Waals surface area (Å²) < 4.78 is 37.8. The van der Waals surface area contributed by atoms with Crippen LogP contribution in [0.25, 0.3) is 0 Å². The molecule has 0 radical (unpaired) electrons. The van der Waals surface area contributed by atoms with Crippen LogP contribution in [0.15, 0.2) is 29.2 Å². The third-order valence-electron chi connectivity index (χ3n) is 4.39. The van der Waals surface area contributed by atoms with E-state index in [4.69, 9.17) is 0 Å². The molecule has 1 amide bonds. The molecule has 0 bridgehead atoms. The molecule has 0 spiro atoms. The van der Waals surface area contributed by atoms with Gasteiger partial charge in [-0.3, -0.25) is 4.79 Å². The third kappa shape index (κ3) is 4.77. The molecule has 1 N–H and O–H groups in total. The Morgan fingerprint density at radius 1 is 1.38 bits per heavy atom. The van der Waals surface area contributed by atoms with Gasteiger partial charge < -0.3 is 10.2 Å². The molecule has 1 aliphatic heterocycles. The molecule has 0 saturated carbocycles. The summed E-state index contributed by atoms with van der Waals surface area (Å²) in [7, 11) is -1.72. The van der Waals surface area contributed by atoms with Crippen molar-refractivity contribution in [1.82, 2.24) is 10.2 Å². The smallest absolute Gasteiger partial charge is 0.226 e. The lowest BCUT2D eigenvalue weighted by atomic mass is 9.97. The Labute approximate surface area is 143 Å². The van der Waals surface area contributed by atoms with Gasteiger partial charge >= 0.3 is 0 Å². The highest BCUT2D eigenvalue weighted by Crippen LogP contribution is 2.20. The Kier molecular flexibility index (Phi) is 6.34. The second-order valence-electron chi connectivity index (χ2n) is 6.49. The van der Waals surface area contributed by atoms with E-state index in [1.165, 1.54) is 12.1 Å². The van der Waals surface area contributed by atoms with E-state index in [0.29, 0.717) is 19.0 Å². The molecule has 0 aromatic heterocycles. The van der Waals surface area contributed by atoms with Crippen LogP contribution in [-0.4, -0.2) is 51.7 Å². The largest absolute Gasteiger partial charge is 0.342 e. The molecular formula is C17H25FN2O3S. The van der Waals surface area contributed by atoms with E-state index in [9.17, 15) is 17.6 Å². The Balaban J connectivity index is 2.01. The maximum absolute atomic E-state index is 12.9.